The van der Waals surface area contributed by atoms with Crippen LogP contribution in [-0.4, -0.2) is 20.5 Å². The van der Waals surface area contributed by atoms with Gasteiger partial charge in [-0.15, -0.1) is 11.3 Å². The van der Waals surface area contributed by atoms with Crippen molar-refractivity contribution in [2.45, 2.75) is 26.6 Å². The van der Waals surface area contributed by atoms with E-state index in [-0.39, 0.29) is 6.10 Å². The third-order valence-corrected chi connectivity index (χ3v) is 4.52. The fourth-order valence-corrected chi connectivity index (χ4v) is 3.35. The standard InChI is InChI=1S/C20H19N3O2S/c1-14(2)25-16-6-7-17(18-4-3-5-20-21-8-9-23(18)20)19(10-16)24-11-15-12-26-13-22-15/h3-10,12-14H,11H2,1-2H3. The largest absolute Gasteiger partial charge is 0.491 e. The first-order chi connectivity index (χ1) is 12.7. The van der Waals surface area contributed by atoms with Crippen LogP contribution in [0.1, 0.15) is 19.5 Å². The number of thiazole rings is 1. The molecular weight excluding hydrogens is 346 g/mol. The van der Waals surface area contributed by atoms with Crippen molar-refractivity contribution in [1.29, 1.82) is 0 Å². The highest BCUT2D eigenvalue weighted by Gasteiger charge is 2.13. The zero-order chi connectivity index (χ0) is 17.9. The molecular formula is C20H19N3O2S. The van der Waals surface area contributed by atoms with E-state index in [0.717, 1.165) is 34.1 Å². The Morgan fingerprint density at radius 1 is 1.15 bits per heavy atom. The number of rotatable bonds is 6. The summed E-state index contributed by atoms with van der Waals surface area (Å²) in [6, 6.07) is 12.0. The van der Waals surface area contributed by atoms with Crippen LogP contribution >= 0.6 is 11.3 Å². The lowest BCUT2D eigenvalue weighted by Crippen LogP contribution is -2.06. The van der Waals surface area contributed by atoms with Crippen molar-refractivity contribution >= 4 is 17.0 Å². The monoisotopic (exact) mass is 365 g/mol. The molecule has 0 fully saturated rings. The van der Waals surface area contributed by atoms with E-state index in [9.17, 15) is 0 Å². The summed E-state index contributed by atoms with van der Waals surface area (Å²) in [5.74, 6) is 1.55. The van der Waals surface area contributed by atoms with Gasteiger partial charge in [0.05, 0.1) is 23.0 Å². The molecule has 4 aromatic rings. The third-order valence-electron chi connectivity index (χ3n) is 3.89. The first kappa shape index (κ1) is 16.6. The average Bonchev–Trinajstić information content (AvgIpc) is 3.31. The van der Waals surface area contributed by atoms with Crippen LogP contribution in [0.4, 0.5) is 0 Å². The Labute approximate surface area is 155 Å². The number of aromatic nitrogens is 3. The van der Waals surface area contributed by atoms with E-state index in [0.29, 0.717) is 6.61 Å². The summed E-state index contributed by atoms with van der Waals surface area (Å²) in [5, 5.41) is 1.99. The van der Waals surface area contributed by atoms with Crippen molar-refractivity contribution in [2.24, 2.45) is 0 Å². The molecule has 1 aromatic carbocycles. The van der Waals surface area contributed by atoms with Gasteiger partial charge in [-0.3, -0.25) is 4.40 Å². The SMILES string of the molecule is CC(C)Oc1ccc(-c2cccc3nccn23)c(OCc2cscn2)c1. The minimum Gasteiger partial charge on any atom is -0.491 e. The summed E-state index contributed by atoms with van der Waals surface area (Å²) in [6.07, 6.45) is 3.85. The first-order valence-corrected chi connectivity index (χ1v) is 9.38. The minimum atomic E-state index is 0.101. The molecule has 0 bridgehead atoms. The normalized spacial score (nSPS) is 11.2. The van der Waals surface area contributed by atoms with E-state index in [1.165, 1.54) is 0 Å². The summed E-state index contributed by atoms with van der Waals surface area (Å²) in [6.45, 7) is 4.44. The van der Waals surface area contributed by atoms with E-state index in [4.69, 9.17) is 9.47 Å². The van der Waals surface area contributed by atoms with Crippen molar-refractivity contribution in [3.63, 3.8) is 0 Å². The molecule has 0 unspecified atom stereocenters. The summed E-state index contributed by atoms with van der Waals surface area (Å²) in [4.78, 5) is 8.66. The number of fused-ring (bicyclic) bond motifs is 1. The highest BCUT2D eigenvalue weighted by molar-refractivity contribution is 7.07. The molecule has 0 amide bonds. The summed E-state index contributed by atoms with van der Waals surface area (Å²) in [7, 11) is 0. The quantitative estimate of drug-likeness (QED) is 0.491. The van der Waals surface area contributed by atoms with E-state index in [1.54, 1.807) is 17.5 Å². The highest BCUT2D eigenvalue weighted by atomic mass is 32.1. The van der Waals surface area contributed by atoms with Crippen LogP contribution in [0.5, 0.6) is 11.5 Å². The second kappa shape index (κ2) is 7.17. The Morgan fingerprint density at radius 2 is 2.08 bits per heavy atom. The summed E-state index contributed by atoms with van der Waals surface area (Å²) >= 11 is 1.56. The van der Waals surface area contributed by atoms with Crippen molar-refractivity contribution in [2.75, 3.05) is 0 Å². The van der Waals surface area contributed by atoms with Crippen LogP contribution < -0.4 is 9.47 Å². The molecule has 5 nitrogen and oxygen atoms in total. The van der Waals surface area contributed by atoms with Crippen LogP contribution in [-0.2, 0) is 6.61 Å². The van der Waals surface area contributed by atoms with E-state index >= 15 is 0 Å². The summed E-state index contributed by atoms with van der Waals surface area (Å²) < 4.78 is 14.0. The second-order valence-electron chi connectivity index (χ2n) is 6.16. The predicted octanol–water partition coefficient (Wildman–Crippen LogP) is 4.82. The Bertz CT molecular complexity index is 1010. The molecule has 0 aliphatic carbocycles. The molecule has 4 rings (SSSR count). The lowest BCUT2D eigenvalue weighted by atomic mass is 10.1. The van der Waals surface area contributed by atoms with E-state index in [1.807, 2.05) is 65.7 Å². The van der Waals surface area contributed by atoms with E-state index in [2.05, 4.69) is 16.0 Å². The summed E-state index contributed by atoms with van der Waals surface area (Å²) in [5.41, 5.74) is 5.63. The number of hydrogen-bond acceptors (Lipinski definition) is 5. The van der Waals surface area contributed by atoms with Gasteiger partial charge in [-0.2, -0.15) is 0 Å². The number of hydrogen-bond donors (Lipinski definition) is 0. The molecule has 6 heteroatoms. The van der Waals surface area contributed by atoms with Crippen LogP contribution in [0, 0.1) is 0 Å². The number of nitrogens with zero attached hydrogens (tertiary/aromatic N) is 3. The number of ether oxygens (including phenoxy) is 2. The zero-order valence-electron chi connectivity index (χ0n) is 14.6. The Morgan fingerprint density at radius 3 is 2.88 bits per heavy atom. The molecule has 0 atom stereocenters. The van der Waals surface area contributed by atoms with Gasteiger partial charge in [0.1, 0.15) is 23.8 Å². The van der Waals surface area contributed by atoms with Gasteiger partial charge in [-0.25, -0.2) is 9.97 Å². The van der Waals surface area contributed by atoms with Gasteiger partial charge in [0, 0.05) is 29.4 Å². The molecule has 0 spiro atoms. The van der Waals surface area contributed by atoms with Gasteiger partial charge in [0.25, 0.3) is 0 Å². The Balaban J connectivity index is 1.75. The smallest absolute Gasteiger partial charge is 0.137 e. The molecule has 3 heterocycles. The zero-order valence-corrected chi connectivity index (χ0v) is 15.4. The Hall–Kier alpha value is -2.86. The van der Waals surface area contributed by atoms with Gasteiger partial charge in [0.2, 0.25) is 0 Å². The van der Waals surface area contributed by atoms with Crippen LogP contribution in [0.25, 0.3) is 16.9 Å². The number of imidazole rings is 1. The Kier molecular flexibility index (Phi) is 4.58. The van der Waals surface area contributed by atoms with Crippen molar-refractivity contribution < 1.29 is 9.47 Å². The van der Waals surface area contributed by atoms with Crippen molar-refractivity contribution in [3.05, 3.63) is 65.4 Å². The van der Waals surface area contributed by atoms with Crippen molar-refractivity contribution in [1.82, 2.24) is 14.4 Å². The van der Waals surface area contributed by atoms with Crippen LogP contribution in [0.15, 0.2) is 59.7 Å². The third kappa shape index (κ3) is 3.41. The molecule has 3 aromatic heterocycles. The van der Waals surface area contributed by atoms with Gasteiger partial charge in [-0.1, -0.05) is 6.07 Å². The van der Waals surface area contributed by atoms with Gasteiger partial charge in [-0.05, 0) is 38.1 Å². The van der Waals surface area contributed by atoms with Crippen molar-refractivity contribution in [3.8, 4) is 22.8 Å². The molecule has 132 valence electrons. The van der Waals surface area contributed by atoms with Crippen LogP contribution in [0.2, 0.25) is 0 Å². The molecule has 26 heavy (non-hydrogen) atoms. The molecule has 0 saturated heterocycles. The molecule has 0 N–H and O–H groups in total. The van der Waals surface area contributed by atoms with Crippen LogP contribution in [0.3, 0.4) is 0 Å². The maximum Gasteiger partial charge on any atom is 0.137 e. The number of pyridine rings is 1. The van der Waals surface area contributed by atoms with Gasteiger partial charge < -0.3 is 9.47 Å². The minimum absolute atomic E-state index is 0.101. The maximum absolute atomic E-state index is 6.11. The second-order valence-corrected chi connectivity index (χ2v) is 6.88. The van der Waals surface area contributed by atoms with Gasteiger partial charge >= 0.3 is 0 Å². The molecule has 0 radical (unpaired) electrons. The highest BCUT2D eigenvalue weighted by Crippen LogP contribution is 2.34. The van der Waals surface area contributed by atoms with E-state index < -0.39 is 0 Å². The fraction of sp³-hybridized carbons (Fsp3) is 0.200. The predicted molar refractivity (Wildman–Crippen MR) is 103 cm³/mol. The van der Waals surface area contributed by atoms with Gasteiger partial charge in [0.15, 0.2) is 0 Å². The lowest BCUT2D eigenvalue weighted by Gasteiger charge is -2.16. The lowest BCUT2D eigenvalue weighted by molar-refractivity contribution is 0.239. The first-order valence-electron chi connectivity index (χ1n) is 8.44. The maximum atomic E-state index is 6.11. The topological polar surface area (TPSA) is 48.7 Å². The number of benzene rings is 1. The molecule has 0 aliphatic heterocycles. The fourth-order valence-electron chi connectivity index (χ4n) is 2.81. The molecule has 0 saturated carbocycles. The average molecular weight is 365 g/mol. The molecule has 0 aliphatic rings.